The van der Waals surface area contributed by atoms with Gasteiger partial charge in [-0.1, -0.05) is 72.8 Å². The molecule has 0 aromatic heterocycles. The van der Waals surface area contributed by atoms with Gasteiger partial charge in [-0.2, -0.15) is 0 Å². The average Bonchev–Trinajstić information content (AvgIpc) is 3.31. The predicted octanol–water partition coefficient (Wildman–Crippen LogP) is 5.48. The first-order valence-corrected chi connectivity index (χ1v) is 11.0. The van der Waals surface area contributed by atoms with Crippen molar-refractivity contribution in [1.82, 2.24) is 5.32 Å². The second-order valence-electron chi connectivity index (χ2n) is 7.17. The Labute approximate surface area is 176 Å². The van der Waals surface area contributed by atoms with Crippen molar-refractivity contribution in [3.63, 3.8) is 0 Å². The third kappa shape index (κ3) is 5.08. The number of amides is 1. The van der Waals surface area contributed by atoms with Gasteiger partial charge in [0, 0.05) is 17.3 Å². The summed E-state index contributed by atoms with van der Waals surface area (Å²) in [6.07, 6.45) is 2.52. The highest BCUT2D eigenvalue weighted by atomic mass is 32.2. The number of hydrogen-bond acceptors (Lipinski definition) is 3. The van der Waals surface area contributed by atoms with Crippen molar-refractivity contribution in [3.05, 3.63) is 102 Å². The minimum absolute atomic E-state index is 0.0573. The molecule has 3 aromatic rings. The molecular weight excluding hydrogens is 378 g/mol. The SMILES string of the molecule is O=C(NC(c1ccccc1)c1ccccc1)c1ccccc1SC[C@H]1CCCO1. The number of carbonyl (C=O) groups is 1. The Bertz CT molecular complexity index is 884. The average molecular weight is 404 g/mol. The lowest BCUT2D eigenvalue weighted by Crippen LogP contribution is -2.29. The first-order valence-electron chi connectivity index (χ1n) is 10.1. The minimum Gasteiger partial charge on any atom is -0.377 e. The molecule has 29 heavy (non-hydrogen) atoms. The third-order valence-corrected chi connectivity index (χ3v) is 6.33. The largest absolute Gasteiger partial charge is 0.377 e. The van der Waals surface area contributed by atoms with E-state index in [1.54, 1.807) is 11.8 Å². The van der Waals surface area contributed by atoms with Crippen LogP contribution in [0.3, 0.4) is 0 Å². The third-order valence-electron chi connectivity index (χ3n) is 5.12. The van der Waals surface area contributed by atoms with Gasteiger partial charge < -0.3 is 10.1 Å². The molecule has 4 heteroatoms. The van der Waals surface area contributed by atoms with Crippen molar-refractivity contribution in [2.24, 2.45) is 0 Å². The van der Waals surface area contributed by atoms with Gasteiger partial charge in [0.05, 0.1) is 17.7 Å². The summed E-state index contributed by atoms with van der Waals surface area (Å²) in [6, 6.07) is 27.8. The molecule has 0 bridgehead atoms. The molecule has 3 nitrogen and oxygen atoms in total. The molecule has 1 aliphatic rings. The number of hydrogen-bond donors (Lipinski definition) is 1. The van der Waals surface area contributed by atoms with Gasteiger partial charge in [-0.05, 0) is 36.1 Å². The highest BCUT2D eigenvalue weighted by Crippen LogP contribution is 2.28. The number of benzene rings is 3. The molecule has 1 aliphatic heterocycles. The number of nitrogens with one attached hydrogen (secondary N) is 1. The van der Waals surface area contributed by atoms with Crippen LogP contribution in [0, 0.1) is 0 Å². The van der Waals surface area contributed by atoms with E-state index < -0.39 is 0 Å². The molecule has 0 spiro atoms. The van der Waals surface area contributed by atoms with Crippen LogP contribution in [0.1, 0.15) is 40.4 Å². The molecule has 0 radical (unpaired) electrons. The lowest BCUT2D eigenvalue weighted by atomic mass is 9.98. The maximum atomic E-state index is 13.3. The van der Waals surface area contributed by atoms with Gasteiger partial charge >= 0.3 is 0 Å². The number of rotatable bonds is 7. The van der Waals surface area contributed by atoms with Crippen LogP contribution in [0.5, 0.6) is 0 Å². The van der Waals surface area contributed by atoms with Gasteiger partial charge in [-0.25, -0.2) is 0 Å². The molecule has 3 aromatic carbocycles. The van der Waals surface area contributed by atoms with Crippen molar-refractivity contribution < 1.29 is 9.53 Å². The van der Waals surface area contributed by atoms with Crippen molar-refractivity contribution in [3.8, 4) is 0 Å². The molecule has 1 N–H and O–H groups in total. The van der Waals surface area contributed by atoms with E-state index in [1.165, 1.54) is 0 Å². The van der Waals surface area contributed by atoms with E-state index in [0.29, 0.717) is 5.56 Å². The Hall–Kier alpha value is -2.56. The van der Waals surface area contributed by atoms with Gasteiger partial charge in [0.1, 0.15) is 0 Å². The summed E-state index contributed by atoms with van der Waals surface area (Å²) < 4.78 is 5.73. The minimum atomic E-state index is -0.193. The first kappa shape index (κ1) is 19.7. The molecule has 0 unspecified atom stereocenters. The normalized spacial score (nSPS) is 16.1. The zero-order valence-corrected chi connectivity index (χ0v) is 17.1. The van der Waals surface area contributed by atoms with Crippen LogP contribution >= 0.6 is 11.8 Å². The Kier molecular flexibility index (Phi) is 6.65. The molecule has 148 valence electrons. The van der Waals surface area contributed by atoms with Crippen molar-refractivity contribution in [2.75, 3.05) is 12.4 Å². The molecule has 1 amide bonds. The summed E-state index contributed by atoms with van der Waals surface area (Å²) in [5, 5.41) is 3.25. The van der Waals surface area contributed by atoms with Crippen molar-refractivity contribution in [2.45, 2.75) is 29.9 Å². The van der Waals surface area contributed by atoms with Gasteiger partial charge in [-0.15, -0.1) is 11.8 Å². The van der Waals surface area contributed by atoms with Crippen molar-refractivity contribution >= 4 is 17.7 Å². The van der Waals surface area contributed by atoms with Crippen LogP contribution in [0.4, 0.5) is 0 Å². The van der Waals surface area contributed by atoms with Crippen molar-refractivity contribution in [1.29, 1.82) is 0 Å². The molecule has 1 heterocycles. The highest BCUT2D eigenvalue weighted by Gasteiger charge is 2.21. The Balaban J connectivity index is 1.55. The van der Waals surface area contributed by atoms with Gasteiger partial charge in [0.25, 0.3) is 5.91 Å². The fraction of sp³-hybridized carbons (Fsp3) is 0.240. The van der Waals surface area contributed by atoms with Gasteiger partial charge in [0.2, 0.25) is 0 Å². The number of thioether (sulfide) groups is 1. The fourth-order valence-corrected chi connectivity index (χ4v) is 4.72. The van der Waals surface area contributed by atoms with Crippen LogP contribution in [-0.2, 0) is 4.74 Å². The van der Waals surface area contributed by atoms with Gasteiger partial charge in [0.15, 0.2) is 0 Å². The number of carbonyl (C=O) groups excluding carboxylic acids is 1. The molecule has 0 aliphatic carbocycles. The lowest BCUT2D eigenvalue weighted by molar-refractivity contribution is 0.0940. The highest BCUT2D eigenvalue weighted by molar-refractivity contribution is 7.99. The van der Waals surface area contributed by atoms with Crippen LogP contribution in [0.2, 0.25) is 0 Å². The summed E-state index contributed by atoms with van der Waals surface area (Å²) in [5.74, 6) is 0.823. The van der Waals surface area contributed by atoms with E-state index in [2.05, 4.69) is 29.6 Å². The molecule has 1 fully saturated rings. The standard InChI is InChI=1S/C25H25NO2S/c27-25(22-15-7-8-16-23(22)29-18-21-14-9-17-28-21)26-24(19-10-3-1-4-11-19)20-12-5-2-6-13-20/h1-8,10-13,15-16,21,24H,9,14,17-18H2,(H,26,27)/t21-/m1/s1. The molecule has 0 saturated carbocycles. The molecule has 1 saturated heterocycles. The topological polar surface area (TPSA) is 38.3 Å². The summed E-state index contributed by atoms with van der Waals surface area (Å²) in [5.41, 5.74) is 2.85. The first-order chi connectivity index (χ1) is 14.3. The fourth-order valence-electron chi connectivity index (χ4n) is 3.60. The van der Waals surface area contributed by atoms with Crippen LogP contribution in [-0.4, -0.2) is 24.4 Å². The zero-order valence-electron chi connectivity index (χ0n) is 16.3. The van der Waals surface area contributed by atoms with Gasteiger partial charge in [-0.3, -0.25) is 4.79 Å². The van der Waals surface area contributed by atoms with E-state index in [1.807, 2.05) is 60.7 Å². The zero-order chi connectivity index (χ0) is 19.9. The second-order valence-corrected chi connectivity index (χ2v) is 8.23. The Morgan fingerprint density at radius 3 is 2.17 bits per heavy atom. The van der Waals surface area contributed by atoms with E-state index >= 15 is 0 Å². The monoisotopic (exact) mass is 403 g/mol. The number of ether oxygens (including phenoxy) is 1. The summed E-state index contributed by atoms with van der Waals surface area (Å²) in [6.45, 7) is 0.850. The summed E-state index contributed by atoms with van der Waals surface area (Å²) in [4.78, 5) is 14.3. The summed E-state index contributed by atoms with van der Waals surface area (Å²) in [7, 11) is 0. The molecule has 4 rings (SSSR count). The Morgan fingerprint density at radius 1 is 0.931 bits per heavy atom. The van der Waals surface area contributed by atoms with E-state index in [-0.39, 0.29) is 18.1 Å². The van der Waals surface area contributed by atoms with E-state index in [9.17, 15) is 4.79 Å². The van der Waals surface area contributed by atoms with E-state index in [0.717, 1.165) is 41.2 Å². The smallest absolute Gasteiger partial charge is 0.253 e. The lowest BCUT2D eigenvalue weighted by Gasteiger charge is -2.21. The molecule has 1 atom stereocenters. The van der Waals surface area contributed by atoms with E-state index in [4.69, 9.17) is 4.74 Å². The van der Waals surface area contributed by atoms with Crippen LogP contribution < -0.4 is 5.32 Å². The molecular formula is C25H25NO2S. The second kappa shape index (κ2) is 9.77. The maximum Gasteiger partial charge on any atom is 0.253 e. The predicted molar refractivity (Wildman–Crippen MR) is 118 cm³/mol. The van der Waals surface area contributed by atoms with Crippen LogP contribution in [0.25, 0.3) is 0 Å². The van der Waals surface area contributed by atoms with Crippen LogP contribution in [0.15, 0.2) is 89.8 Å². The quantitative estimate of drug-likeness (QED) is 0.531. The Morgan fingerprint density at radius 2 is 1.55 bits per heavy atom. The summed E-state index contributed by atoms with van der Waals surface area (Å²) >= 11 is 1.71. The maximum absolute atomic E-state index is 13.3.